The van der Waals surface area contributed by atoms with Crippen LogP contribution in [0.2, 0.25) is 0 Å². The van der Waals surface area contributed by atoms with Gasteiger partial charge in [0.15, 0.2) is 0 Å². The van der Waals surface area contributed by atoms with Crippen molar-refractivity contribution in [3.8, 4) is 0 Å². The van der Waals surface area contributed by atoms with Gasteiger partial charge in [0.1, 0.15) is 0 Å². The number of aromatic nitrogens is 1. The highest BCUT2D eigenvalue weighted by Gasteiger charge is 2.21. The quantitative estimate of drug-likeness (QED) is 0.703. The Labute approximate surface area is 164 Å². The van der Waals surface area contributed by atoms with Crippen molar-refractivity contribution in [2.75, 3.05) is 13.1 Å². The molecule has 0 atom stereocenters. The summed E-state index contributed by atoms with van der Waals surface area (Å²) in [5.74, 6) is 0. The van der Waals surface area contributed by atoms with Crippen molar-refractivity contribution in [2.24, 2.45) is 0 Å². The molecule has 0 fully saturated rings. The molecule has 0 saturated carbocycles. The van der Waals surface area contributed by atoms with Gasteiger partial charge >= 0.3 is 0 Å². The normalized spacial score (nSPS) is 12.3. The minimum atomic E-state index is -3.39. The van der Waals surface area contributed by atoms with Crippen LogP contribution in [0.25, 0.3) is 0 Å². The lowest BCUT2D eigenvalue weighted by Gasteiger charge is -2.18. The summed E-state index contributed by atoms with van der Waals surface area (Å²) in [5, 5.41) is 3.47. The molecule has 0 aliphatic carbocycles. The lowest BCUT2D eigenvalue weighted by molar-refractivity contribution is 0.445. The number of rotatable bonds is 9. The molecule has 0 amide bonds. The van der Waals surface area contributed by atoms with Crippen molar-refractivity contribution >= 4 is 10.0 Å². The maximum absolute atomic E-state index is 12.5. The molecule has 0 unspecified atom stereocenters. The number of benzene rings is 1. The first kappa shape index (κ1) is 21.7. The van der Waals surface area contributed by atoms with Gasteiger partial charge in [0.2, 0.25) is 10.0 Å². The molecule has 6 heteroatoms. The molecule has 0 radical (unpaired) electrons. The highest BCUT2D eigenvalue weighted by molar-refractivity contribution is 7.89. The van der Waals surface area contributed by atoms with E-state index in [1.54, 1.807) is 12.1 Å². The number of hydrogen-bond donors (Lipinski definition) is 1. The second-order valence-electron chi connectivity index (χ2n) is 7.20. The predicted molar refractivity (Wildman–Crippen MR) is 111 cm³/mol. The van der Waals surface area contributed by atoms with Crippen LogP contribution < -0.4 is 5.32 Å². The van der Waals surface area contributed by atoms with Crippen LogP contribution >= 0.6 is 0 Å². The van der Waals surface area contributed by atoms with Crippen molar-refractivity contribution in [2.45, 2.75) is 65.6 Å². The molecule has 2 aromatic rings. The first-order valence-corrected chi connectivity index (χ1v) is 11.1. The highest BCUT2D eigenvalue weighted by Crippen LogP contribution is 2.20. The van der Waals surface area contributed by atoms with Gasteiger partial charge in [0.05, 0.1) is 4.90 Å². The zero-order valence-electron chi connectivity index (χ0n) is 17.4. The molecular formula is C21H33N3O2S. The minimum absolute atomic E-state index is 0.357. The Morgan fingerprint density at radius 1 is 1.04 bits per heavy atom. The third-order valence-corrected chi connectivity index (χ3v) is 7.08. The maximum atomic E-state index is 12.5. The first-order valence-electron chi connectivity index (χ1n) is 9.69. The lowest BCUT2D eigenvalue weighted by atomic mass is 10.2. The zero-order valence-corrected chi connectivity index (χ0v) is 18.2. The van der Waals surface area contributed by atoms with Crippen molar-refractivity contribution < 1.29 is 8.42 Å². The Hall–Kier alpha value is -1.63. The van der Waals surface area contributed by atoms with Crippen LogP contribution in [0.15, 0.2) is 35.2 Å². The summed E-state index contributed by atoms with van der Waals surface area (Å²) < 4.78 is 28.9. The summed E-state index contributed by atoms with van der Waals surface area (Å²) in [5.41, 5.74) is 4.97. The van der Waals surface area contributed by atoms with Gasteiger partial charge in [-0.2, -0.15) is 4.31 Å². The second kappa shape index (κ2) is 9.04. The van der Waals surface area contributed by atoms with Crippen molar-refractivity contribution in [1.82, 2.24) is 14.2 Å². The minimum Gasteiger partial charge on any atom is -0.346 e. The van der Waals surface area contributed by atoms with Crippen LogP contribution in [0, 0.1) is 13.8 Å². The summed E-state index contributed by atoms with van der Waals surface area (Å²) >= 11 is 0. The summed E-state index contributed by atoms with van der Waals surface area (Å²) in [6.45, 7) is 14.9. The molecule has 150 valence electrons. The fraction of sp³-hybridized carbons (Fsp3) is 0.524. The smallest absolute Gasteiger partial charge is 0.243 e. The molecular weight excluding hydrogens is 358 g/mol. The molecule has 1 N–H and O–H groups in total. The third-order valence-electron chi connectivity index (χ3n) is 5.02. The Morgan fingerprint density at radius 3 is 2.11 bits per heavy atom. The molecule has 5 nitrogen and oxygen atoms in total. The largest absolute Gasteiger partial charge is 0.346 e. The van der Waals surface area contributed by atoms with Crippen LogP contribution in [0.1, 0.15) is 56.3 Å². The van der Waals surface area contributed by atoms with E-state index >= 15 is 0 Å². The van der Waals surface area contributed by atoms with E-state index in [1.165, 1.54) is 21.3 Å². The molecule has 0 aliphatic heterocycles. The van der Waals surface area contributed by atoms with Gasteiger partial charge in [-0.25, -0.2) is 8.42 Å². The van der Waals surface area contributed by atoms with Crippen LogP contribution in [0.5, 0.6) is 0 Å². The van der Waals surface area contributed by atoms with Gasteiger partial charge < -0.3 is 9.88 Å². The fourth-order valence-corrected chi connectivity index (χ4v) is 5.11. The van der Waals surface area contributed by atoms with Crippen molar-refractivity contribution in [1.29, 1.82) is 0 Å². The van der Waals surface area contributed by atoms with Gasteiger partial charge in [0, 0.05) is 43.6 Å². The first-order chi connectivity index (χ1) is 12.7. The highest BCUT2D eigenvalue weighted by atomic mass is 32.2. The van der Waals surface area contributed by atoms with Crippen LogP contribution in [-0.4, -0.2) is 30.4 Å². The lowest BCUT2D eigenvalue weighted by Crippen LogP contribution is -2.30. The maximum Gasteiger partial charge on any atom is 0.243 e. The summed E-state index contributed by atoms with van der Waals surface area (Å²) in [6.07, 6.45) is 0. The molecule has 27 heavy (non-hydrogen) atoms. The van der Waals surface area contributed by atoms with E-state index in [1.807, 2.05) is 26.0 Å². The topological polar surface area (TPSA) is 54.3 Å². The predicted octanol–water partition coefficient (Wildman–Crippen LogP) is 4.01. The molecule has 0 saturated heterocycles. The number of aryl methyl sites for hydroxylation is 1. The number of nitrogens with one attached hydrogen (secondary N) is 1. The van der Waals surface area contributed by atoms with Gasteiger partial charge in [-0.15, -0.1) is 0 Å². The average molecular weight is 392 g/mol. The van der Waals surface area contributed by atoms with Crippen LogP contribution in [-0.2, 0) is 23.1 Å². The Morgan fingerprint density at radius 2 is 1.63 bits per heavy atom. The molecule has 1 heterocycles. The van der Waals surface area contributed by atoms with Crippen molar-refractivity contribution in [3.63, 3.8) is 0 Å². The van der Waals surface area contributed by atoms with E-state index in [0.29, 0.717) is 30.6 Å². The Kier molecular flexibility index (Phi) is 7.25. The van der Waals surface area contributed by atoms with Gasteiger partial charge in [0.25, 0.3) is 0 Å². The van der Waals surface area contributed by atoms with Gasteiger partial charge in [-0.1, -0.05) is 26.0 Å². The van der Waals surface area contributed by atoms with Gasteiger partial charge in [-0.05, 0) is 57.0 Å². The number of nitrogens with zero attached hydrogens (tertiary/aromatic N) is 2. The molecule has 1 aromatic heterocycles. The van der Waals surface area contributed by atoms with E-state index in [9.17, 15) is 8.42 Å². The van der Waals surface area contributed by atoms with E-state index in [-0.39, 0.29) is 0 Å². The van der Waals surface area contributed by atoms with E-state index in [2.05, 4.69) is 43.6 Å². The SMILES string of the molecule is CCN(CC)S(=O)(=O)c1ccc(CNCc2cc(C)n(C(C)C)c2C)cc1. The summed E-state index contributed by atoms with van der Waals surface area (Å²) in [7, 11) is -3.39. The average Bonchev–Trinajstić information content (AvgIpc) is 2.90. The monoisotopic (exact) mass is 391 g/mol. The van der Waals surface area contributed by atoms with Crippen molar-refractivity contribution in [3.05, 3.63) is 52.8 Å². The molecule has 2 rings (SSSR count). The molecule has 0 bridgehead atoms. The van der Waals surface area contributed by atoms with E-state index in [4.69, 9.17) is 0 Å². The summed E-state index contributed by atoms with van der Waals surface area (Å²) in [6, 6.07) is 9.88. The van der Waals surface area contributed by atoms with E-state index < -0.39 is 10.0 Å². The molecule has 0 aliphatic rings. The fourth-order valence-electron chi connectivity index (χ4n) is 3.65. The number of sulfonamides is 1. The van der Waals surface area contributed by atoms with Crippen LogP contribution in [0.3, 0.4) is 0 Å². The Bertz CT molecular complexity index is 848. The van der Waals surface area contributed by atoms with E-state index in [0.717, 1.165) is 12.1 Å². The Balaban J connectivity index is 2.01. The summed E-state index contributed by atoms with van der Waals surface area (Å²) in [4.78, 5) is 0.357. The molecule has 0 spiro atoms. The van der Waals surface area contributed by atoms with Gasteiger partial charge in [-0.3, -0.25) is 0 Å². The standard InChI is InChI=1S/C21H33N3O2S/c1-7-23(8-2)27(25,26)21-11-9-19(10-12-21)14-22-15-20-13-17(5)24(16(3)4)18(20)6/h9-13,16,22H,7-8,14-15H2,1-6H3. The zero-order chi connectivity index (χ0) is 20.2. The second-order valence-corrected chi connectivity index (χ2v) is 9.13. The number of hydrogen-bond acceptors (Lipinski definition) is 3. The third kappa shape index (κ3) is 4.81. The molecule has 1 aromatic carbocycles. The van der Waals surface area contributed by atoms with Crippen LogP contribution in [0.4, 0.5) is 0 Å².